The van der Waals surface area contributed by atoms with Gasteiger partial charge in [-0.05, 0) is 37.8 Å². The summed E-state index contributed by atoms with van der Waals surface area (Å²) in [5.41, 5.74) is 6.26. The zero-order valence-corrected chi connectivity index (χ0v) is 16.3. The number of alkyl halides is 3. The molecule has 0 spiro atoms. The molecule has 0 saturated heterocycles. The summed E-state index contributed by atoms with van der Waals surface area (Å²) in [6.45, 7) is 3.46. The Morgan fingerprint density at radius 3 is 2.72 bits per heavy atom. The Kier molecular flexibility index (Phi) is 5.75. The van der Waals surface area contributed by atoms with E-state index in [1.807, 2.05) is 0 Å². The summed E-state index contributed by atoms with van der Waals surface area (Å²) in [6, 6.07) is 1.08. The molecule has 2 N–H and O–H groups in total. The van der Waals surface area contributed by atoms with Crippen molar-refractivity contribution in [3.8, 4) is 5.75 Å². The largest absolute Gasteiger partial charge is 0.573 e. The fourth-order valence-corrected chi connectivity index (χ4v) is 4.30. The summed E-state index contributed by atoms with van der Waals surface area (Å²) in [6.07, 6.45) is -2.52. The number of carbonyl (C=O) groups excluding carboxylic acids is 2. The second kappa shape index (κ2) is 7.81. The van der Waals surface area contributed by atoms with Crippen molar-refractivity contribution in [2.24, 2.45) is 11.1 Å². The van der Waals surface area contributed by atoms with Gasteiger partial charge in [-0.25, -0.2) is 0 Å². The topological polar surface area (TPSA) is 94.8 Å². The zero-order valence-electron chi connectivity index (χ0n) is 16.3. The quantitative estimate of drug-likeness (QED) is 0.759. The van der Waals surface area contributed by atoms with Crippen molar-refractivity contribution >= 4 is 11.9 Å². The molecule has 3 atom stereocenters. The van der Waals surface area contributed by atoms with Crippen molar-refractivity contribution in [2.45, 2.75) is 64.6 Å². The van der Waals surface area contributed by atoms with Crippen LogP contribution in [0.4, 0.5) is 13.2 Å². The first-order valence-corrected chi connectivity index (χ1v) is 9.46. The van der Waals surface area contributed by atoms with Gasteiger partial charge in [-0.1, -0.05) is 0 Å². The molecule has 10 heteroatoms. The van der Waals surface area contributed by atoms with Gasteiger partial charge in [-0.2, -0.15) is 0 Å². The number of carbonyl (C=O) groups is 2. The molecule has 1 aliphatic carbocycles. The Hall–Kier alpha value is -2.36. The molecule has 0 bridgehead atoms. The number of hydrogen-bond donors (Lipinski definition) is 1. The van der Waals surface area contributed by atoms with Gasteiger partial charge in [0.2, 0.25) is 5.91 Å². The molecule has 7 nitrogen and oxygen atoms in total. The molecule has 0 aromatic carbocycles. The minimum Gasteiger partial charge on any atom is -0.462 e. The van der Waals surface area contributed by atoms with Crippen molar-refractivity contribution in [1.82, 2.24) is 9.88 Å². The summed E-state index contributed by atoms with van der Waals surface area (Å²) in [5.74, 6) is -1.10. The maximum Gasteiger partial charge on any atom is 0.573 e. The normalized spacial score (nSPS) is 25.3. The van der Waals surface area contributed by atoms with Crippen LogP contribution >= 0.6 is 0 Å². The molecule has 3 unspecified atom stereocenters. The molecule has 1 amide bonds. The lowest BCUT2D eigenvalue weighted by atomic mass is 9.78. The van der Waals surface area contributed by atoms with E-state index in [4.69, 9.17) is 10.5 Å². The second-order valence-corrected chi connectivity index (χ2v) is 7.71. The van der Waals surface area contributed by atoms with Crippen LogP contribution < -0.4 is 10.5 Å². The molecular formula is C19H24F3N3O4. The Bertz CT molecular complexity index is 801. The van der Waals surface area contributed by atoms with Gasteiger partial charge in [0.25, 0.3) is 0 Å². The molecule has 2 heterocycles. The standard InChI is InChI=1S/C19H24F3N3O4/c1-11(28-12(2)26)18(5-3-14(23)8-18)17(27)25-6-4-16-13(10-25)7-15(9-24-16)29-19(20,21)22/h7,9,11,14H,3-6,8,10,23H2,1-2H3. The first-order valence-electron chi connectivity index (χ1n) is 9.46. The lowest BCUT2D eigenvalue weighted by Gasteiger charge is -2.39. The van der Waals surface area contributed by atoms with Crippen LogP contribution in [0.25, 0.3) is 0 Å². The summed E-state index contributed by atoms with van der Waals surface area (Å²) >= 11 is 0. The highest BCUT2D eigenvalue weighted by Crippen LogP contribution is 2.44. The van der Waals surface area contributed by atoms with E-state index >= 15 is 0 Å². The van der Waals surface area contributed by atoms with Crippen molar-refractivity contribution in [1.29, 1.82) is 0 Å². The van der Waals surface area contributed by atoms with E-state index in [9.17, 15) is 22.8 Å². The van der Waals surface area contributed by atoms with Crippen LogP contribution in [0.2, 0.25) is 0 Å². The van der Waals surface area contributed by atoms with Gasteiger partial charge in [-0.3, -0.25) is 14.6 Å². The van der Waals surface area contributed by atoms with E-state index in [1.54, 1.807) is 11.8 Å². The number of amides is 1. The van der Waals surface area contributed by atoms with E-state index in [0.29, 0.717) is 43.5 Å². The number of ether oxygens (including phenoxy) is 2. The molecule has 1 aliphatic heterocycles. The maximum atomic E-state index is 13.5. The van der Waals surface area contributed by atoms with Crippen LogP contribution in [0.15, 0.2) is 12.3 Å². The smallest absolute Gasteiger partial charge is 0.462 e. The number of hydrogen-bond acceptors (Lipinski definition) is 6. The van der Waals surface area contributed by atoms with Crippen LogP contribution in [-0.4, -0.2) is 46.8 Å². The number of fused-ring (bicyclic) bond motifs is 1. The Labute approximate surface area is 166 Å². The third-order valence-corrected chi connectivity index (χ3v) is 5.67. The molecule has 1 saturated carbocycles. The fraction of sp³-hybridized carbons (Fsp3) is 0.632. The minimum atomic E-state index is -4.82. The van der Waals surface area contributed by atoms with Gasteiger partial charge < -0.3 is 20.1 Å². The van der Waals surface area contributed by atoms with Crippen molar-refractivity contribution in [3.63, 3.8) is 0 Å². The van der Waals surface area contributed by atoms with Crippen LogP contribution in [0, 0.1) is 5.41 Å². The summed E-state index contributed by atoms with van der Waals surface area (Å²) in [5, 5.41) is 0. The summed E-state index contributed by atoms with van der Waals surface area (Å²) < 4.78 is 46.8. The van der Waals surface area contributed by atoms with Gasteiger partial charge in [0, 0.05) is 38.2 Å². The van der Waals surface area contributed by atoms with E-state index in [-0.39, 0.29) is 18.5 Å². The van der Waals surface area contributed by atoms with Crippen LogP contribution in [-0.2, 0) is 27.3 Å². The van der Waals surface area contributed by atoms with Gasteiger partial charge in [0.15, 0.2) is 0 Å². The highest BCUT2D eigenvalue weighted by molar-refractivity contribution is 5.84. The molecule has 3 rings (SSSR count). The number of nitrogens with two attached hydrogens (primary N) is 1. The van der Waals surface area contributed by atoms with Crippen molar-refractivity contribution in [3.05, 3.63) is 23.5 Å². The maximum absolute atomic E-state index is 13.5. The molecule has 160 valence electrons. The predicted molar refractivity (Wildman–Crippen MR) is 95.5 cm³/mol. The second-order valence-electron chi connectivity index (χ2n) is 7.71. The number of aromatic nitrogens is 1. The number of esters is 1. The molecule has 29 heavy (non-hydrogen) atoms. The van der Waals surface area contributed by atoms with Crippen molar-refractivity contribution in [2.75, 3.05) is 6.54 Å². The number of halogens is 3. The molecule has 1 fully saturated rings. The lowest BCUT2D eigenvalue weighted by Crippen LogP contribution is -2.51. The number of pyridine rings is 1. The number of nitrogens with zero attached hydrogens (tertiary/aromatic N) is 2. The zero-order chi connectivity index (χ0) is 21.4. The Morgan fingerprint density at radius 1 is 1.41 bits per heavy atom. The number of rotatable bonds is 4. The highest BCUT2D eigenvalue weighted by atomic mass is 19.4. The van der Waals surface area contributed by atoms with E-state index in [0.717, 1.165) is 6.20 Å². The Balaban J connectivity index is 1.82. The SMILES string of the molecule is CC(=O)OC(C)C1(C(=O)N2CCc3ncc(OC(F)(F)F)cc3C2)CCC(N)C1. The van der Waals surface area contributed by atoms with Crippen LogP contribution in [0.3, 0.4) is 0 Å². The monoisotopic (exact) mass is 415 g/mol. The van der Waals surface area contributed by atoms with Gasteiger partial charge in [0.1, 0.15) is 11.9 Å². The first-order chi connectivity index (χ1) is 13.5. The molecule has 1 aromatic rings. The Morgan fingerprint density at radius 2 is 2.14 bits per heavy atom. The predicted octanol–water partition coefficient (Wildman–Crippen LogP) is 2.31. The molecular weight excluding hydrogens is 391 g/mol. The molecule has 1 aromatic heterocycles. The average molecular weight is 415 g/mol. The summed E-state index contributed by atoms with van der Waals surface area (Å²) in [4.78, 5) is 30.5. The van der Waals surface area contributed by atoms with Gasteiger partial charge >= 0.3 is 12.3 Å². The van der Waals surface area contributed by atoms with Gasteiger partial charge in [0.05, 0.1) is 11.6 Å². The van der Waals surface area contributed by atoms with Crippen LogP contribution in [0.1, 0.15) is 44.4 Å². The van der Waals surface area contributed by atoms with E-state index in [2.05, 4.69) is 9.72 Å². The molecule has 0 radical (unpaired) electrons. The van der Waals surface area contributed by atoms with Crippen LogP contribution in [0.5, 0.6) is 5.75 Å². The fourth-order valence-electron chi connectivity index (χ4n) is 4.30. The third kappa shape index (κ3) is 4.63. The average Bonchev–Trinajstić information content (AvgIpc) is 3.01. The van der Waals surface area contributed by atoms with Gasteiger partial charge in [-0.15, -0.1) is 13.2 Å². The van der Waals surface area contributed by atoms with E-state index in [1.165, 1.54) is 13.0 Å². The lowest BCUT2D eigenvalue weighted by molar-refractivity contribution is -0.274. The van der Waals surface area contributed by atoms with E-state index < -0.39 is 29.6 Å². The van der Waals surface area contributed by atoms with Crippen molar-refractivity contribution < 1.29 is 32.2 Å². The highest BCUT2D eigenvalue weighted by Gasteiger charge is 2.52. The molecule has 2 aliphatic rings. The first kappa shape index (κ1) is 21.4. The summed E-state index contributed by atoms with van der Waals surface area (Å²) in [7, 11) is 0. The third-order valence-electron chi connectivity index (χ3n) is 5.67. The minimum absolute atomic E-state index is 0.111.